The number of hydrogen-bond donors (Lipinski definition) is 2. The summed E-state index contributed by atoms with van der Waals surface area (Å²) in [4.78, 5) is 11.9. The highest BCUT2D eigenvalue weighted by molar-refractivity contribution is 5.80. The van der Waals surface area contributed by atoms with Crippen LogP contribution in [-0.2, 0) is 4.79 Å². The summed E-state index contributed by atoms with van der Waals surface area (Å²) in [5, 5.41) is 3.14. The molecule has 0 aromatic rings. The Kier molecular flexibility index (Phi) is 2.52. The number of rotatable bonds is 3. The molecule has 1 amide bonds. The lowest BCUT2D eigenvalue weighted by Crippen LogP contribution is -2.41. The molecule has 0 heterocycles. The first-order valence-corrected chi connectivity index (χ1v) is 5.67. The summed E-state index contributed by atoms with van der Waals surface area (Å²) < 4.78 is 0. The molecule has 2 aliphatic carbocycles. The Morgan fingerprint density at radius 2 is 2.21 bits per heavy atom. The molecule has 2 saturated carbocycles. The zero-order valence-corrected chi connectivity index (χ0v) is 8.88. The van der Waals surface area contributed by atoms with Crippen molar-refractivity contribution in [1.82, 2.24) is 5.32 Å². The summed E-state index contributed by atoms with van der Waals surface area (Å²) in [5.41, 5.74) is 5.79. The van der Waals surface area contributed by atoms with Crippen molar-refractivity contribution >= 4 is 5.91 Å². The predicted octanol–water partition coefficient (Wildman–Crippen LogP) is 1.03. The second-order valence-corrected chi connectivity index (χ2v) is 5.08. The Bertz CT molecular complexity index is 235. The summed E-state index contributed by atoms with van der Waals surface area (Å²) in [6, 6.07) is 0. The molecule has 0 bridgehead atoms. The molecule has 0 spiro atoms. The van der Waals surface area contributed by atoms with Crippen LogP contribution in [0.1, 0.15) is 39.0 Å². The zero-order chi connectivity index (χ0) is 10.2. The summed E-state index contributed by atoms with van der Waals surface area (Å²) >= 11 is 0. The van der Waals surface area contributed by atoms with E-state index in [-0.39, 0.29) is 17.4 Å². The first-order valence-electron chi connectivity index (χ1n) is 5.67. The fraction of sp³-hybridized carbons (Fsp3) is 0.909. The Morgan fingerprint density at radius 1 is 1.50 bits per heavy atom. The molecule has 0 unspecified atom stereocenters. The molecule has 0 aliphatic heterocycles. The zero-order valence-electron chi connectivity index (χ0n) is 8.88. The molecule has 2 rings (SSSR count). The minimum Gasteiger partial charge on any atom is -0.351 e. The van der Waals surface area contributed by atoms with Crippen LogP contribution in [0.3, 0.4) is 0 Å². The van der Waals surface area contributed by atoms with Crippen LogP contribution in [0, 0.1) is 11.8 Å². The fourth-order valence-corrected chi connectivity index (χ4v) is 2.37. The number of amides is 1. The second-order valence-electron chi connectivity index (χ2n) is 5.08. The third-order valence-corrected chi connectivity index (χ3v) is 3.72. The van der Waals surface area contributed by atoms with E-state index in [1.165, 1.54) is 0 Å². The summed E-state index contributed by atoms with van der Waals surface area (Å²) in [7, 11) is 0. The van der Waals surface area contributed by atoms with Gasteiger partial charge in [-0.05, 0) is 45.1 Å². The summed E-state index contributed by atoms with van der Waals surface area (Å²) in [6.45, 7) is 2.78. The van der Waals surface area contributed by atoms with Crippen LogP contribution in [0.2, 0.25) is 0 Å². The highest BCUT2D eigenvalue weighted by Crippen LogP contribution is 2.37. The molecule has 3 heteroatoms. The van der Waals surface area contributed by atoms with Crippen molar-refractivity contribution < 1.29 is 4.79 Å². The van der Waals surface area contributed by atoms with Gasteiger partial charge in [-0.3, -0.25) is 4.79 Å². The highest BCUT2D eigenvalue weighted by Gasteiger charge is 2.41. The molecule has 2 fully saturated rings. The smallest absolute Gasteiger partial charge is 0.223 e. The van der Waals surface area contributed by atoms with Crippen LogP contribution in [-0.4, -0.2) is 18.0 Å². The Labute approximate surface area is 85.4 Å². The molecule has 0 aromatic heterocycles. The van der Waals surface area contributed by atoms with Crippen molar-refractivity contribution in [3.8, 4) is 0 Å². The monoisotopic (exact) mass is 196 g/mol. The molecule has 0 saturated heterocycles. The molecule has 14 heavy (non-hydrogen) atoms. The third kappa shape index (κ3) is 1.92. The average molecular weight is 196 g/mol. The van der Waals surface area contributed by atoms with E-state index in [0.717, 1.165) is 32.1 Å². The largest absolute Gasteiger partial charge is 0.351 e. The number of nitrogens with two attached hydrogens (primary N) is 1. The lowest BCUT2D eigenvalue weighted by atomic mass is 9.95. The van der Waals surface area contributed by atoms with Gasteiger partial charge in [0, 0.05) is 11.5 Å². The van der Waals surface area contributed by atoms with Gasteiger partial charge in [0.25, 0.3) is 0 Å². The van der Waals surface area contributed by atoms with E-state index in [1.807, 2.05) is 0 Å². The minimum absolute atomic E-state index is 0.124. The molecular formula is C11H20N2O. The summed E-state index contributed by atoms with van der Waals surface area (Å²) in [6.07, 6.45) is 5.60. The van der Waals surface area contributed by atoms with Crippen molar-refractivity contribution in [2.75, 3.05) is 6.54 Å². The van der Waals surface area contributed by atoms with E-state index in [0.29, 0.717) is 12.5 Å². The van der Waals surface area contributed by atoms with Gasteiger partial charge in [0.05, 0.1) is 0 Å². The van der Waals surface area contributed by atoms with Gasteiger partial charge in [-0.15, -0.1) is 0 Å². The topological polar surface area (TPSA) is 55.1 Å². The van der Waals surface area contributed by atoms with Gasteiger partial charge in [0.1, 0.15) is 0 Å². The van der Waals surface area contributed by atoms with Crippen LogP contribution in [0.4, 0.5) is 0 Å². The van der Waals surface area contributed by atoms with E-state index >= 15 is 0 Å². The van der Waals surface area contributed by atoms with Gasteiger partial charge >= 0.3 is 0 Å². The van der Waals surface area contributed by atoms with Gasteiger partial charge in [-0.2, -0.15) is 0 Å². The fourth-order valence-electron chi connectivity index (χ4n) is 2.37. The normalized spacial score (nSPS) is 34.1. The Hall–Kier alpha value is -0.570. The van der Waals surface area contributed by atoms with Crippen molar-refractivity contribution in [2.45, 2.75) is 44.6 Å². The van der Waals surface area contributed by atoms with E-state index in [2.05, 4.69) is 12.2 Å². The van der Waals surface area contributed by atoms with Crippen LogP contribution < -0.4 is 11.1 Å². The maximum Gasteiger partial charge on any atom is 0.223 e. The Balaban J connectivity index is 1.90. The first-order chi connectivity index (χ1) is 6.64. The number of carbonyl (C=O) groups excluding carboxylic acids is 1. The van der Waals surface area contributed by atoms with Gasteiger partial charge in [0.2, 0.25) is 5.91 Å². The quantitative estimate of drug-likeness (QED) is 0.708. The predicted molar refractivity (Wildman–Crippen MR) is 55.7 cm³/mol. The molecule has 3 nitrogen and oxygen atoms in total. The second kappa shape index (κ2) is 3.54. The van der Waals surface area contributed by atoms with Gasteiger partial charge in [0.15, 0.2) is 0 Å². The van der Waals surface area contributed by atoms with Crippen LogP contribution >= 0.6 is 0 Å². The van der Waals surface area contributed by atoms with E-state index in [9.17, 15) is 4.79 Å². The number of carbonyl (C=O) groups is 1. The maximum atomic E-state index is 11.9. The van der Waals surface area contributed by atoms with Gasteiger partial charge < -0.3 is 11.1 Å². The molecule has 2 atom stereocenters. The highest BCUT2D eigenvalue weighted by atomic mass is 16.2. The van der Waals surface area contributed by atoms with Crippen LogP contribution in [0.25, 0.3) is 0 Å². The molecule has 0 aromatic carbocycles. The SMILES string of the molecule is CC1(NC(=O)[C@@H]2CCC[C@@H]2CN)CC1. The van der Waals surface area contributed by atoms with Crippen LogP contribution in [0.15, 0.2) is 0 Å². The van der Waals surface area contributed by atoms with Gasteiger partial charge in [-0.1, -0.05) is 6.42 Å². The first kappa shape index (κ1) is 9.97. The standard InChI is InChI=1S/C11H20N2O/c1-11(5-6-11)13-10(14)9-4-2-3-8(9)7-12/h8-9H,2-7,12H2,1H3,(H,13,14)/t8-,9-/m1/s1. The summed E-state index contributed by atoms with van der Waals surface area (Å²) in [5.74, 6) is 0.868. The lowest BCUT2D eigenvalue weighted by molar-refractivity contribution is -0.126. The third-order valence-electron chi connectivity index (χ3n) is 3.72. The molecule has 80 valence electrons. The van der Waals surface area contributed by atoms with Gasteiger partial charge in [-0.25, -0.2) is 0 Å². The van der Waals surface area contributed by atoms with Crippen molar-refractivity contribution in [3.63, 3.8) is 0 Å². The van der Waals surface area contributed by atoms with Crippen molar-refractivity contribution in [3.05, 3.63) is 0 Å². The maximum absolute atomic E-state index is 11.9. The Morgan fingerprint density at radius 3 is 2.79 bits per heavy atom. The van der Waals surface area contributed by atoms with Crippen molar-refractivity contribution in [1.29, 1.82) is 0 Å². The number of hydrogen-bond acceptors (Lipinski definition) is 2. The van der Waals surface area contributed by atoms with E-state index in [1.54, 1.807) is 0 Å². The molecular weight excluding hydrogens is 176 g/mol. The minimum atomic E-state index is 0.124. The lowest BCUT2D eigenvalue weighted by Gasteiger charge is -2.20. The molecule has 3 N–H and O–H groups in total. The van der Waals surface area contributed by atoms with Crippen molar-refractivity contribution in [2.24, 2.45) is 17.6 Å². The van der Waals surface area contributed by atoms with E-state index in [4.69, 9.17) is 5.73 Å². The van der Waals surface area contributed by atoms with E-state index < -0.39 is 0 Å². The number of nitrogens with one attached hydrogen (secondary N) is 1. The molecule has 2 aliphatic rings. The average Bonchev–Trinajstić information content (AvgIpc) is 2.71. The van der Waals surface area contributed by atoms with Crippen LogP contribution in [0.5, 0.6) is 0 Å². The molecule has 0 radical (unpaired) electrons.